The molecule has 0 atom stereocenters. The number of nitrogens with one attached hydrogen (secondary N) is 2. The van der Waals surface area contributed by atoms with Crippen LogP contribution in [0.4, 0.5) is 14.9 Å². The van der Waals surface area contributed by atoms with E-state index in [1.807, 2.05) is 13.8 Å². The Kier molecular flexibility index (Phi) is 6.24. The summed E-state index contributed by atoms with van der Waals surface area (Å²) in [6.07, 6.45) is 4.06. The number of amides is 1. The Morgan fingerprint density at radius 2 is 1.93 bits per heavy atom. The van der Waals surface area contributed by atoms with Crippen LogP contribution in [-0.4, -0.2) is 32.9 Å². The number of carboxylic acid groups (broad SMARTS) is 1. The van der Waals surface area contributed by atoms with Gasteiger partial charge >= 0.3 is 11.8 Å². The van der Waals surface area contributed by atoms with Gasteiger partial charge in [0.05, 0.1) is 16.6 Å². The molecule has 158 valence electrons. The van der Waals surface area contributed by atoms with E-state index in [-0.39, 0.29) is 30.6 Å². The van der Waals surface area contributed by atoms with E-state index in [9.17, 15) is 18.8 Å². The topological polar surface area (TPSA) is 105 Å². The third-order valence-corrected chi connectivity index (χ3v) is 5.35. The predicted octanol–water partition coefficient (Wildman–Crippen LogP) is 2.90. The highest BCUT2D eigenvalue weighted by Gasteiger charge is 2.20. The summed E-state index contributed by atoms with van der Waals surface area (Å²) >= 11 is 0. The minimum Gasteiger partial charge on any atom is -0.465 e. The Hall–Kier alpha value is -2.84. The number of anilines is 1. The van der Waals surface area contributed by atoms with E-state index < -0.39 is 23.2 Å². The zero-order chi connectivity index (χ0) is 21.1. The van der Waals surface area contributed by atoms with Crippen molar-refractivity contribution in [1.29, 1.82) is 0 Å². The SMILES string of the molecule is CC(C)n1c(=O)n(CCNC(=O)O)c(=O)c2cc(F)c(NC3CCCCC3)cc21. The molecule has 1 fully saturated rings. The zero-order valence-corrected chi connectivity index (χ0v) is 16.7. The number of aromatic nitrogens is 2. The third kappa shape index (κ3) is 4.44. The van der Waals surface area contributed by atoms with Gasteiger partial charge in [0, 0.05) is 25.2 Å². The van der Waals surface area contributed by atoms with Gasteiger partial charge in [0.1, 0.15) is 5.82 Å². The Balaban J connectivity index is 2.09. The largest absolute Gasteiger partial charge is 0.465 e. The van der Waals surface area contributed by atoms with E-state index in [2.05, 4.69) is 10.6 Å². The number of rotatable bonds is 6. The molecule has 0 spiro atoms. The Morgan fingerprint density at radius 1 is 1.24 bits per heavy atom. The van der Waals surface area contributed by atoms with Crippen molar-refractivity contribution < 1.29 is 14.3 Å². The summed E-state index contributed by atoms with van der Waals surface area (Å²) in [6, 6.07) is 2.62. The second-order valence-corrected chi connectivity index (χ2v) is 7.76. The van der Waals surface area contributed by atoms with Crippen LogP contribution >= 0.6 is 0 Å². The molecule has 8 nitrogen and oxygen atoms in total. The lowest BCUT2D eigenvalue weighted by molar-refractivity contribution is 0.194. The number of halogens is 1. The standard InChI is InChI=1S/C20H27FN4O4/c1-12(2)25-17-11-16(23-13-6-4-3-5-7-13)15(21)10-14(17)18(26)24(20(25)29)9-8-22-19(27)28/h10-13,22-23H,3-9H2,1-2H3,(H,27,28). The van der Waals surface area contributed by atoms with Crippen molar-refractivity contribution in [3.8, 4) is 0 Å². The number of carbonyl (C=O) groups is 1. The molecule has 9 heteroatoms. The smallest absolute Gasteiger partial charge is 0.404 e. The highest BCUT2D eigenvalue weighted by molar-refractivity contribution is 5.82. The molecule has 0 saturated heterocycles. The van der Waals surface area contributed by atoms with Gasteiger partial charge in [-0.2, -0.15) is 0 Å². The Bertz CT molecular complexity index is 1020. The summed E-state index contributed by atoms with van der Waals surface area (Å²) in [4.78, 5) is 36.4. The van der Waals surface area contributed by atoms with Crippen LogP contribution in [-0.2, 0) is 6.54 Å². The highest BCUT2D eigenvalue weighted by Crippen LogP contribution is 2.26. The van der Waals surface area contributed by atoms with Crippen molar-refractivity contribution in [2.75, 3.05) is 11.9 Å². The van der Waals surface area contributed by atoms with Gasteiger partial charge in [0.2, 0.25) is 0 Å². The van der Waals surface area contributed by atoms with Crippen molar-refractivity contribution in [3.63, 3.8) is 0 Å². The summed E-state index contributed by atoms with van der Waals surface area (Å²) in [5.41, 5.74) is -0.503. The molecular weight excluding hydrogens is 379 g/mol. The van der Waals surface area contributed by atoms with Crippen molar-refractivity contribution in [2.24, 2.45) is 0 Å². The maximum Gasteiger partial charge on any atom is 0.404 e. The highest BCUT2D eigenvalue weighted by atomic mass is 19.1. The quantitative estimate of drug-likeness (QED) is 0.684. The summed E-state index contributed by atoms with van der Waals surface area (Å²) in [7, 11) is 0. The molecule has 1 aliphatic carbocycles. The summed E-state index contributed by atoms with van der Waals surface area (Å²) in [5.74, 6) is -0.538. The first kappa shape index (κ1) is 20.9. The summed E-state index contributed by atoms with van der Waals surface area (Å²) in [5, 5.41) is 14.2. The average Bonchev–Trinajstić information content (AvgIpc) is 2.66. The maximum absolute atomic E-state index is 14.8. The molecule has 1 aliphatic rings. The monoisotopic (exact) mass is 406 g/mol. The van der Waals surface area contributed by atoms with E-state index in [4.69, 9.17) is 5.11 Å². The van der Waals surface area contributed by atoms with Crippen LogP contribution in [0.5, 0.6) is 0 Å². The molecule has 1 saturated carbocycles. The van der Waals surface area contributed by atoms with Crippen LogP contribution in [0, 0.1) is 5.82 Å². The zero-order valence-electron chi connectivity index (χ0n) is 16.7. The summed E-state index contributed by atoms with van der Waals surface area (Å²) < 4.78 is 17.2. The van der Waals surface area contributed by atoms with Gasteiger partial charge in [-0.15, -0.1) is 0 Å². The molecule has 1 amide bonds. The molecule has 0 bridgehead atoms. The van der Waals surface area contributed by atoms with Crippen molar-refractivity contribution in [2.45, 2.75) is 64.6 Å². The first-order valence-corrected chi connectivity index (χ1v) is 10.0. The Morgan fingerprint density at radius 3 is 2.55 bits per heavy atom. The van der Waals surface area contributed by atoms with Crippen LogP contribution < -0.4 is 21.9 Å². The maximum atomic E-state index is 14.8. The van der Waals surface area contributed by atoms with Crippen LogP contribution in [0.1, 0.15) is 52.0 Å². The molecule has 0 unspecified atom stereocenters. The van der Waals surface area contributed by atoms with E-state index in [0.717, 1.165) is 30.3 Å². The molecule has 3 rings (SSSR count). The van der Waals surface area contributed by atoms with Gasteiger partial charge in [-0.3, -0.25) is 13.9 Å². The Labute approximate surface area is 167 Å². The molecule has 1 aromatic heterocycles. The van der Waals surface area contributed by atoms with Gasteiger partial charge in [-0.1, -0.05) is 19.3 Å². The van der Waals surface area contributed by atoms with E-state index in [1.165, 1.54) is 17.1 Å². The number of fused-ring (bicyclic) bond motifs is 1. The van der Waals surface area contributed by atoms with Crippen LogP contribution in [0.15, 0.2) is 21.7 Å². The normalized spacial score (nSPS) is 15.0. The lowest BCUT2D eigenvalue weighted by Crippen LogP contribution is -2.43. The second kappa shape index (κ2) is 8.67. The number of benzene rings is 1. The second-order valence-electron chi connectivity index (χ2n) is 7.76. The first-order chi connectivity index (χ1) is 13.8. The number of nitrogens with zero attached hydrogens (tertiary/aromatic N) is 2. The van der Waals surface area contributed by atoms with Crippen molar-refractivity contribution in [1.82, 2.24) is 14.5 Å². The minimum atomic E-state index is -1.24. The van der Waals surface area contributed by atoms with Gasteiger partial charge in [-0.25, -0.2) is 14.0 Å². The molecule has 2 aromatic rings. The molecule has 29 heavy (non-hydrogen) atoms. The van der Waals surface area contributed by atoms with E-state index in [1.54, 1.807) is 6.07 Å². The lowest BCUT2D eigenvalue weighted by atomic mass is 9.95. The number of hydrogen-bond donors (Lipinski definition) is 3. The van der Waals surface area contributed by atoms with Crippen molar-refractivity contribution in [3.05, 3.63) is 38.8 Å². The van der Waals surface area contributed by atoms with E-state index in [0.29, 0.717) is 11.2 Å². The van der Waals surface area contributed by atoms with Gasteiger partial charge < -0.3 is 15.7 Å². The molecule has 3 N–H and O–H groups in total. The van der Waals surface area contributed by atoms with Gasteiger partial charge in [0.25, 0.3) is 5.56 Å². The predicted molar refractivity (Wildman–Crippen MR) is 109 cm³/mol. The fourth-order valence-corrected chi connectivity index (χ4v) is 3.95. The van der Waals surface area contributed by atoms with E-state index >= 15 is 0 Å². The minimum absolute atomic E-state index is 0.0975. The molecule has 1 aromatic carbocycles. The molecule has 0 radical (unpaired) electrons. The van der Waals surface area contributed by atoms with Gasteiger partial charge in [0.15, 0.2) is 0 Å². The lowest BCUT2D eigenvalue weighted by Gasteiger charge is -2.25. The van der Waals surface area contributed by atoms with Crippen LogP contribution in [0.2, 0.25) is 0 Å². The van der Waals surface area contributed by atoms with Crippen LogP contribution in [0.3, 0.4) is 0 Å². The number of hydrogen-bond acceptors (Lipinski definition) is 4. The van der Waals surface area contributed by atoms with Crippen LogP contribution in [0.25, 0.3) is 10.9 Å². The molecule has 0 aliphatic heterocycles. The van der Waals surface area contributed by atoms with Gasteiger partial charge in [-0.05, 0) is 38.8 Å². The molecular formula is C20H27FN4O4. The fraction of sp³-hybridized carbons (Fsp3) is 0.550. The first-order valence-electron chi connectivity index (χ1n) is 10.0. The molecule has 1 heterocycles. The average molecular weight is 406 g/mol. The summed E-state index contributed by atoms with van der Waals surface area (Å²) in [6.45, 7) is 3.39. The van der Waals surface area contributed by atoms with Crippen molar-refractivity contribution >= 4 is 22.7 Å². The third-order valence-electron chi connectivity index (χ3n) is 5.35. The fourth-order valence-electron chi connectivity index (χ4n) is 3.95.